The normalized spacial score (nSPS) is 11.0. The van der Waals surface area contributed by atoms with Gasteiger partial charge in [-0.05, 0) is 18.2 Å². The maximum Gasteiger partial charge on any atom is 0.271 e. The summed E-state index contributed by atoms with van der Waals surface area (Å²) >= 11 is 6.02. The van der Waals surface area contributed by atoms with E-state index in [4.69, 9.17) is 17.4 Å². The molecule has 0 radical (unpaired) electrons. The molecule has 0 aromatic heterocycles. The molecule has 0 unspecified atom stereocenters. The lowest BCUT2D eigenvalue weighted by Crippen LogP contribution is -2.43. The Balaban J connectivity index is 2.64. The maximum absolute atomic E-state index is 12.9. The highest BCUT2D eigenvalue weighted by atomic mass is 35.5. The molecular weight excluding hydrogens is 372 g/mol. The zero-order chi connectivity index (χ0) is 18.6. The van der Waals surface area contributed by atoms with Crippen molar-refractivity contribution in [2.24, 2.45) is 5.84 Å². The SMILES string of the molecule is NNC(=O)CN(c1cc([N+](=O)[O-])ccc1Cl)S(=O)(=O)c1ccccc1. The molecule has 2 aromatic carbocycles. The molecule has 0 spiro atoms. The standard InChI is InChI=1S/C14H13ClN4O5S/c15-12-7-6-10(19(21)22)8-13(12)18(9-14(20)17-16)25(23,24)11-4-2-1-3-5-11/h1-8H,9,16H2,(H,17,20). The van der Waals surface area contributed by atoms with Gasteiger partial charge in [0.2, 0.25) is 0 Å². The van der Waals surface area contributed by atoms with E-state index >= 15 is 0 Å². The predicted octanol–water partition coefficient (Wildman–Crippen LogP) is 1.43. The number of nitro benzene ring substituents is 1. The second-order valence-corrected chi connectivity index (χ2v) is 7.05. The largest absolute Gasteiger partial charge is 0.293 e. The van der Waals surface area contributed by atoms with Crippen LogP contribution in [0.25, 0.3) is 0 Å². The number of anilines is 1. The van der Waals surface area contributed by atoms with E-state index in [1.807, 2.05) is 5.43 Å². The van der Waals surface area contributed by atoms with E-state index in [0.717, 1.165) is 12.1 Å². The Morgan fingerprint density at radius 1 is 1.24 bits per heavy atom. The summed E-state index contributed by atoms with van der Waals surface area (Å²) in [6, 6.07) is 10.6. The van der Waals surface area contributed by atoms with Gasteiger partial charge in [0.1, 0.15) is 6.54 Å². The van der Waals surface area contributed by atoms with Crippen LogP contribution >= 0.6 is 11.6 Å². The topological polar surface area (TPSA) is 136 Å². The number of benzene rings is 2. The molecule has 0 aliphatic carbocycles. The fraction of sp³-hybridized carbons (Fsp3) is 0.0714. The first-order valence-corrected chi connectivity index (χ1v) is 8.60. The molecule has 0 heterocycles. The second-order valence-electron chi connectivity index (χ2n) is 4.79. The Kier molecular flexibility index (Phi) is 5.57. The molecule has 132 valence electrons. The third kappa shape index (κ3) is 4.05. The first-order chi connectivity index (χ1) is 11.8. The molecule has 25 heavy (non-hydrogen) atoms. The van der Waals surface area contributed by atoms with E-state index in [0.29, 0.717) is 4.31 Å². The summed E-state index contributed by atoms with van der Waals surface area (Å²) in [6.45, 7) is -0.700. The van der Waals surface area contributed by atoms with E-state index in [1.54, 1.807) is 6.07 Å². The number of nitrogens with one attached hydrogen (secondary N) is 1. The van der Waals surface area contributed by atoms with Gasteiger partial charge in [-0.3, -0.25) is 24.6 Å². The summed E-state index contributed by atoms with van der Waals surface area (Å²) in [7, 11) is -4.21. The summed E-state index contributed by atoms with van der Waals surface area (Å²) in [5.74, 6) is 4.22. The lowest BCUT2D eigenvalue weighted by atomic mass is 10.3. The highest BCUT2D eigenvalue weighted by molar-refractivity contribution is 7.92. The number of nitro groups is 1. The zero-order valence-electron chi connectivity index (χ0n) is 12.6. The van der Waals surface area contributed by atoms with Crippen molar-refractivity contribution in [2.75, 3.05) is 10.8 Å². The van der Waals surface area contributed by atoms with Gasteiger partial charge in [0.25, 0.3) is 21.6 Å². The molecule has 3 N–H and O–H groups in total. The molecule has 11 heteroatoms. The quantitative estimate of drug-likeness (QED) is 0.334. The van der Waals surface area contributed by atoms with Crippen molar-refractivity contribution in [3.63, 3.8) is 0 Å². The summed E-state index contributed by atoms with van der Waals surface area (Å²) < 4.78 is 26.5. The number of amides is 1. The van der Waals surface area contributed by atoms with Crippen LogP contribution in [-0.2, 0) is 14.8 Å². The van der Waals surface area contributed by atoms with Gasteiger partial charge >= 0.3 is 0 Å². The Labute approximate surface area is 148 Å². The van der Waals surface area contributed by atoms with Crippen LogP contribution in [0, 0.1) is 10.1 Å². The van der Waals surface area contributed by atoms with Crippen LogP contribution in [0.15, 0.2) is 53.4 Å². The molecule has 2 rings (SSSR count). The monoisotopic (exact) mass is 384 g/mol. The molecule has 0 saturated heterocycles. The first kappa shape index (κ1) is 18.6. The smallest absolute Gasteiger partial charge is 0.271 e. The van der Waals surface area contributed by atoms with Crippen molar-refractivity contribution >= 4 is 38.9 Å². The Morgan fingerprint density at radius 2 is 1.88 bits per heavy atom. The minimum absolute atomic E-state index is 0.0741. The highest BCUT2D eigenvalue weighted by Gasteiger charge is 2.29. The van der Waals surface area contributed by atoms with Crippen LogP contribution in [0.3, 0.4) is 0 Å². The van der Waals surface area contributed by atoms with Gasteiger partial charge in [-0.25, -0.2) is 14.3 Å². The van der Waals surface area contributed by atoms with Crippen molar-refractivity contribution in [2.45, 2.75) is 4.90 Å². The van der Waals surface area contributed by atoms with Crippen molar-refractivity contribution in [1.29, 1.82) is 0 Å². The number of carbonyl (C=O) groups excluding carboxylic acids is 1. The average molecular weight is 385 g/mol. The fourth-order valence-electron chi connectivity index (χ4n) is 2.00. The number of hydrogen-bond donors (Lipinski definition) is 2. The van der Waals surface area contributed by atoms with Gasteiger partial charge in [0, 0.05) is 12.1 Å². The second kappa shape index (κ2) is 7.47. The van der Waals surface area contributed by atoms with Gasteiger partial charge in [0.15, 0.2) is 0 Å². The molecule has 1 amide bonds. The summed E-state index contributed by atoms with van der Waals surface area (Å²) in [6.07, 6.45) is 0. The molecule has 0 saturated carbocycles. The molecule has 0 fully saturated rings. The van der Waals surface area contributed by atoms with Gasteiger partial charge in [-0.15, -0.1) is 0 Å². The van der Waals surface area contributed by atoms with Crippen molar-refractivity contribution in [1.82, 2.24) is 5.43 Å². The third-order valence-corrected chi connectivity index (χ3v) is 5.28. The predicted molar refractivity (Wildman–Crippen MR) is 91.4 cm³/mol. The van der Waals surface area contributed by atoms with Crippen molar-refractivity contribution in [3.05, 3.63) is 63.7 Å². The first-order valence-electron chi connectivity index (χ1n) is 6.78. The number of non-ortho nitro benzene ring substituents is 1. The van der Waals surface area contributed by atoms with Gasteiger partial charge in [-0.1, -0.05) is 29.8 Å². The van der Waals surface area contributed by atoms with Gasteiger partial charge in [-0.2, -0.15) is 0 Å². The number of sulfonamides is 1. The number of hydrazine groups is 1. The van der Waals surface area contributed by atoms with E-state index in [-0.39, 0.29) is 21.3 Å². The number of nitrogens with two attached hydrogens (primary N) is 1. The molecule has 0 bridgehead atoms. The van der Waals surface area contributed by atoms with Crippen LogP contribution in [0.2, 0.25) is 5.02 Å². The summed E-state index contributed by atoms with van der Waals surface area (Å²) in [5, 5.41) is 10.9. The van der Waals surface area contributed by atoms with E-state index < -0.39 is 27.4 Å². The molecule has 0 aliphatic rings. The highest BCUT2D eigenvalue weighted by Crippen LogP contribution is 2.33. The van der Waals surface area contributed by atoms with E-state index in [9.17, 15) is 23.3 Å². The Hall–Kier alpha value is -2.69. The number of nitrogens with zero attached hydrogens (tertiary/aromatic N) is 2. The zero-order valence-corrected chi connectivity index (χ0v) is 14.2. The molecule has 2 aromatic rings. The van der Waals surface area contributed by atoms with E-state index in [2.05, 4.69) is 0 Å². The summed E-state index contributed by atoms with van der Waals surface area (Å²) in [5.41, 5.74) is 1.24. The molecular formula is C14H13ClN4O5S. The lowest BCUT2D eigenvalue weighted by molar-refractivity contribution is -0.384. The third-order valence-electron chi connectivity index (χ3n) is 3.19. The van der Waals surface area contributed by atoms with Crippen LogP contribution in [0.4, 0.5) is 11.4 Å². The van der Waals surface area contributed by atoms with Crippen molar-refractivity contribution in [3.8, 4) is 0 Å². The maximum atomic E-state index is 12.9. The van der Waals surface area contributed by atoms with Gasteiger partial charge in [0.05, 0.1) is 20.5 Å². The summed E-state index contributed by atoms with van der Waals surface area (Å²) in [4.78, 5) is 21.9. The Bertz CT molecular complexity index is 905. The minimum Gasteiger partial charge on any atom is -0.293 e. The lowest BCUT2D eigenvalue weighted by Gasteiger charge is -2.24. The number of hydrogen-bond acceptors (Lipinski definition) is 6. The van der Waals surface area contributed by atoms with Crippen LogP contribution in [-0.4, -0.2) is 25.8 Å². The fourth-order valence-corrected chi connectivity index (χ4v) is 3.72. The number of carbonyl (C=O) groups is 1. The average Bonchev–Trinajstić information content (AvgIpc) is 2.60. The van der Waals surface area contributed by atoms with Crippen LogP contribution in [0.1, 0.15) is 0 Å². The van der Waals surface area contributed by atoms with E-state index in [1.165, 1.54) is 30.3 Å². The number of halogens is 1. The van der Waals surface area contributed by atoms with Crippen LogP contribution < -0.4 is 15.6 Å². The molecule has 0 aliphatic heterocycles. The van der Waals surface area contributed by atoms with Crippen molar-refractivity contribution < 1.29 is 18.1 Å². The van der Waals surface area contributed by atoms with Gasteiger partial charge < -0.3 is 0 Å². The number of rotatable bonds is 6. The minimum atomic E-state index is -4.21. The van der Waals surface area contributed by atoms with Crippen LogP contribution in [0.5, 0.6) is 0 Å². The Morgan fingerprint density at radius 3 is 2.44 bits per heavy atom. The molecule has 0 atom stereocenters. The molecule has 9 nitrogen and oxygen atoms in total.